The Bertz CT molecular complexity index is 8330. The van der Waals surface area contributed by atoms with E-state index in [-0.39, 0.29) is 0 Å². The molecule has 2 aliphatic carbocycles. The fourth-order valence-electron chi connectivity index (χ4n) is 21.8. The number of aromatic nitrogens is 4. The first-order valence-electron chi connectivity index (χ1n) is 43.7. The molecule has 0 aliphatic heterocycles. The summed E-state index contributed by atoms with van der Waals surface area (Å²) in [6.45, 7) is 0. The van der Waals surface area contributed by atoms with Gasteiger partial charge in [0.25, 0.3) is 0 Å². The molecule has 0 saturated heterocycles. The molecule has 20 aromatic carbocycles. The molecule has 24 aromatic rings. The Morgan fingerprint density at radius 3 is 0.778 bits per heavy atom. The van der Waals surface area contributed by atoms with E-state index in [1.165, 1.54) is 198 Å². The van der Waals surface area contributed by atoms with Gasteiger partial charge in [-0.1, -0.05) is 370 Å². The third-order valence-electron chi connectivity index (χ3n) is 27.2. The zero-order valence-corrected chi connectivity index (χ0v) is 69.0. The Hall–Kier alpha value is -16.4. The molecule has 126 heavy (non-hydrogen) atoms. The van der Waals surface area contributed by atoms with Crippen LogP contribution in [0.25, 0.3) is 177 Å². The number of nitrogens with zero attached hydrogens (tertiary/aromatic N) is 4. The SMILES string of the molecule is c1ccc(-c2ccc3c(c2)c2cc(-c4ccc5c6ccccc6n(-c6ccccc6)c5c4)ccc2n3-c2ccc(C3(c4ccccc4)c4ccccc4-c4ccccc43)cc2)cc1.c1ccc(-c2cccc(-n3c4ccccc4c4ccc(-c5ccc6c(c5)c5ccccc5n6-c5ccc(C6(c7ccccc7)c7ccccc7-c7ccccc76)cc5)cc43)c2)cc1. The van der Waals surface area contributed by atoms with E-state index in [9.17, 15) is 0 Å². The van der Waals surface area contributed by atoms with Crippen LogP contribution in [-0.2, 0) is 10.8 Å². The van der Waals surface area contributed by atoms with Gasteiger partial charge in [-0.05, 0) is 227 Å². The van der Waals surface area contributed by atoms with Crippen LogP contribution in [0.2, 0.25) is 0 Å². The average molecular weight is 1600 g/mol. The topological polar surface area (TPSA) is 19.7 Å². The van der Waals surface area contributed by atoms with E-state index in [4.69, 9.17) is 0 Å². The summed E-state index contributed by atoms with van der Waals surface area (Å²) >= 11 is 0. The van der Waals surface area contributed by atoms with Gasteiger partial charge in [0.2, 0.25) is 0 Å². The van der Waals surface area contributed by atoms with E-state index >= 15 is 0 Å². The molecular weight excluding hydrogens is 1520 g/mol. The van der Waals surface area contributed by atoms with Crippen molar-refractivity contribution in [1.29, 1.82) is 0 Å². The third-order valence-corrected chi connectivity index (χ3v) is 27.2. The summed E-state index contributed by atoms with van der Waals surface area (Å²) in [5, 5.41) is 9.96. The maximum absolute atomic E-state index is 2.45. The number of fused-ring (bicyclic) bond motifs is 18. The molecule has 4 heteroatoms. The van der Waals surface area contributed by atoms with E-state index in [0.717, 1.165) is 22.7 Å². The molecule has 0 radical (unpaired) electrons. The molecule has 588 valence electrons. The van der Waals surface area contributed by atoms with Gasteiger partial charge < -0.3 is 18.3 Å². The number of rotatable bonds is 12. The van der Waals surface area contributed by atoms with Crippen molar-refractivity contribution in [3.8, 4) is 89.5 Å². The summed E-state index contributed by atoms with van der Waals surface area (Å²) in [4.78, 5) is 0. The van der Waals surface area contributed by atoms with E-state index in [1.54, 1.807) is 0 Å². The van der Waals surface area contributed by atoms with Crippen molar-refractivity contribution in [2.75, 3.05) is 0 Å². The average Bonchev–Trinajstić information content (AvgIpc) is 1.54. The highest BCUT2D eigenvalue weighted by Gasteiger charge is 2.47. The predicted octanol–water partition coefficient (Wildman–Crippen LogP) is 31.2. The lowest BCUT2D eigenvalue weighted by Gasteiger charge is -2.34. The summed E-state index contributed by atoms with van der Waals surface area (Å²) < 4.78 is 9.72. The van der Waals surface area contributed by atoms with Gasteiger partial charge in [-0.2, -0.15) is 0 Å². The molecule has 0 atom stereocenters. The highest BCUT2D eigenvalue weighted by Crippen LogP contribution is 2.59. The van der Waals surface area contributed by atoms with Gasteiger partial charge in [-0.3, -0.25) is 0 Å². The third kappa shape index (κ3) is 11.1. The van der Waals surface area contributed by atoms with Crippen molar-refractivity contribution in [3.05, 3.63) is 530 Å². The Labute approximate surface area is 730 Å². The Morgan fingerprint density at radius 2 is 0.373 bits per heavy atom. The zero-order chi connectivity index (χ0) is 83.0. The van der Waals surface area contributed by atoms with Crippen molar-refractivity contribution >= 4 is 87.2 Å². The van der Waals surface area contributed by atoms with Crippen molar-refractivity contribution in [1.82, 2.24) is 18.3 Å². The molecule has 0 unspecified atom stereocenters. The molecule has 0 bridgehead atoms. The number of hydrogen-bond donors (Lipinski definition) is 0. The maximum Gasteiger partial charge on any atom is 0.0713 e. The van der Waals surface area contributed by atoms with Gasteiger partial charge in [0.15, 0.2) is 0 Å². The molecular formula is C122H80N4. The van der Waals surface area contributed by atoms with Crippen LogP contribution in [-0.4, -0.2) is 18.3 Å². The minimum absolute atomic E-state index is 0.430. The fourth-order valence-corrected chi connectivity index (χ4v) is 21.8. The van der Waals surface area contributed by atoms with E-state index in [1.807, 2.05) is 0 Å². The summed E-state index contributed by atoms with van der Waals surface area (Å²) in [6.07, 6.45) is 0. The molecule has 0 N–H and O–H groups in total. The highest BCUT2D eigenvalue weighted by atomic mass is 15.0. The highest BCUT2D eigenvalue weighted by molar-refractivity contribution is 6.15. The summed E-state index contributed by atoms with van der Waals surface area (Å²) in [5.41, 5.74) is 38.5. The summed E-state index contributed by atoms with van der Waals surface area (Å²) in [6, 6.07) is 179. The maximum atomic E-state index is 2.45. The molecule has 26 rings (SSSR count). The van der Waals surface area contributed by atoms with Gasteiger partial charge in [0.05, 0.1) is 55.0 Å². The largest absolute Gasteiger partial charge is 0.309 e. The van der Waals surface area contributed by atoms with E-state index < -0.39 is 10.8 Å². The molecule has 0 spiro atoms. The van der Waals surface area contributed by atoms with Crippen molar-refractivity contribution in [2.24, 2.45) is 0 Å². The van der Waals surface area contributed by atoms with Gasteiger partial charge in [0, 0.05) is 65.8 Å². The fraction of sp³-hybridized carbons (Fsp3) is 0.0164. The predicted molar refractivity (Wildman–Crippen MR) is 527 cm³/mol. The summed E-state index contributed by atoms with van der Waals surface area (Å²) in [7, 11) is 0. The Kier molecular flexibility index (Phi) is 16.8. The van der Waals surface area contributed by atoms with E-state index in [2.05, 4.69) is 504 Å². The lowest BCUT2D eigenvalue weighted by atomic mass is 9.68. The number of para-hydroxylation sites is 4. The minimum Gasteiger partial charge on any atom is -0.309 e. The lowest BCUT2D eigenvalue weighted by molar-refractivity contribution is 0.768. The molecule has 4 heterocycles. The second-order valence-corrected chi connectivity index (χ2v) is 33.7. The van der Waals surface area contributed by atoms with Crippen LogP contribution >= 0.6 is 0 Å². The lowest BCUT2D eigenvalue weighted by Crippen LogP contribution is -2.28. The second-order valence-electron chi connectivity index (χ2n) is 33.7. The van der Waals surface area contributed by atoms with Crippen LogP contribution in [0.5, 0.6) is 0 Å². The molecule has 0 fully saturated rings. The molecule has 4 aromatic heterocycles. The van der Waals surface area contributed by atoms with Crippen LogP contribution in [0.4, 0.5) is 0 Å². The Balaban J connectivity index is 0.000000137. The van der Waals surface area contributed by atoms with Crippen molar-refractivity contribution < 1.29 is 0 Å². The first-order chi connectivity index (χ1) is 62.5. The smallest absolute Gasteiger partial charge is 0.0713 e. The van der Waals surface area contributed by atoms with Crippen LogP contribution in [0.3, 0.4) is 0 Å². The first-order valence-corrected chi connectivity index (χ1v) is 43.7. The standard InChI is InChI=1S/2C61H40N2/c1-4-16-41(17-5-1)42-29-36-58-53(38-42)54-39-43(44-28-35-52-51-24-12-15-27-57(51)63(60(52)40-44)47-20-8-3-9-21-47)30-37-59(54)62(58)48-33-31-46(32-34-48)61(45-18-6-2-7-19-45)55-25-13-10-22-49(55)50-23-11-14-26-56(50)61;1-3-16-41(17-4-1)42-18-15-21-48(38-42)63-57-28-13-9-24-51(57)53-36-30-44(40-60(53)63)43-31-37-59-54(39-43)52-25-10-14-29-58(52)62(59)47-34-32-46(33-35-47)61(45-19-5-2-6-20-45)55-26-11-7-22-49(55)50-23-8-12-27-56(50)61/h2*1-40H. The monoisotopic (exact) mass is 1600 g/mol. The zero-order valence-electron chi connectivity index (χ0n) is 69.0. The molecule has 0 amide bonds. The van der Waals surface area contributed by atoms with Crippen molar-refractivity contribution in [3.63, 3.8) is 0 Å². The second kappa shape index (κ2) is 29.2. The van der Waals surface area contributed by atoms with Crippen LogP contribution in [0.1, 0.15) is 44.5 Å². The van der Waals surface area contributed by atoms with Gasteiger partial charge in [-0.15, -0.1) is 0 Å². The van der Waals surface area contributed by atoms with Gasteiger partial charge in [0.1, 0.15) is 0 Å². The molecule has 4 nitrogen and oxygen atoms in total. The quantitative estimate of drug-likeness (QED) is 0.116. The van der Waals surface area contributed by atoms with Crippen LogP contribution in [0.15, 0.2) is 485 Å². The summed E-state index contributed by atoms with van der Waals surface area (Å²) in [5.74, 6) is 0. The number of hydrogen-bond acceptors (Lipinski definition) is 0. The first kappa shape index (κ1) is 72.4. The normalized spacial score (nSPS) is 12.9. The minimum atomic E-state index is -0.444. The molecule has 0 saturated carbocycles. The van der Waals surface area contributed by atoms with Gasteiger partial charge >= 0.3 is 0 Å². The molecule has 2 aliphatic rings. The number of benzene rings is 20. The van der Waals surface area contributed by atoms with Crippen LogP contribution in [0, 0.1) is 0 Å². The van der Waals surface area contributed by atoms with E-state index in [0.29, 0.717) is 0 Å². The van der Waals surface area contributed by atoms with Gasteiger partial charge in [-0.25, -0.2) is 0 Å². The van der Waals surface area contributed by atoms with Crippen LogP contribution < -0.4 is 0 Å². The Morgan fingerprint density at radius 1 is 0.127 bits per heavy atom. The van der Waals surface area contributed by atoms with Crippen molar-refractivity contribution in [2.45, 2.75) is 10.8 Å².